The molecule has 4 atom stereocenters. The maximum atomic E-state index is 10.8. The molecule has 0 bridgehead atoms. The van der Waals surface area contributed by atoms with Crippen LogP contribution in [0.1, 0.15) is 0 Å². The van der Waals surface area contributed by atoms with E-state index in [0.29, 0.717) is 0 Å². The van der Waals surface area contributed by atoms with E-state index in [1.807, 2.05) is 0 Å². The molecule has 0 amide bonds. The Labute approximate surface area is 94.9 Å². The van der Waals surface area contributed by atoms with Crippen LogP contribution in [0.2, 0.25) is 0 Å². The van der Waals surface area contributed by atoms with E-state index in [-0.39, 0.29) is 0 Å². The molecule has 0 rings (SSSR count). The summed E-state index contributed by atoms with van der Waals surface area (Å²) < 4.78 is 13.7. The summed E-state index contributed by atoms with van der Waals surface area (Å²) in [6.07, 6.45) is -8.71. The molecule has 7 N–H and O–H groups in total. The summed E-state index contributed by atoms with van der Waals surface area (Å²) >= 11 is 0. The monoisotopic (exact) mass is 276 g/mol. The van der Waals surface area contributed by atoms with Gasteiger partial charge >= 0.3 is 13.8 Å². The lowest BCUT2D eigenvalue weighted by Gasteiger charge is -2.24. The fourth-order valence-electron chi connectivity index (χ4n) is 0.833. The minimum atomic E-state index is -5.19. The minimum Gasteiger partial charge on any atom is -0.394 e. The Morgan fingerprint density at radius 1 is 1.12 bits per heavy atom. The van der Waals surface area contributed by atoms with Crippen molar-refractivity contribution in [2.75, 3.05) is 6.61 Å². The van der Waals surface area contributed by atoms with E-state index in [9.17, 15) is 9.36 Å². The minimum absolute atomic E-state index is 0.960. The number of aliphatic hydroxyl groups excluding tert-OH is 5. The zero-order chi connectivity index (χ0) is 13.8. The smallest absolute Gasteiger partial charge is 0.394 e. The molecular weight excluding hydrogens is 263 g/mol. The second-order valence-electron chi connectivity index (χ2n) is 3.08. The van der Waals surface area contributed by atoms with Crippen LogP contribution in [-0.2, 0) is 13.9 Å². The van der Waals surface area contributed by atoms with Crippen molar-refractivity contribution in [3.63, 3.8) is 0 Å². The first-order valence-corrected chi connectivity index (χ1v) is 5.75. The lowest BCUT2D eigenvalue weighted by molar-refractivity contribution is -0.162. The van der Waals surface area contributed by atoms with Crippen LogP contribution in [0.5, 0.6) is 0 Å². The highest BCUT2D eigenvalue weighted by Crippen LogP contribution is 2.36. The number of carbonyl (C=O) groups excluding carboxylic acids is 1. The second-order valence-corrected chi connectivity index (χ2v) is 4.24. The first kappa shape index (κ1) is 16.4. The Balaban J connectivity index is 4.54. The Bertz CT molecular complexity index is 299. The standard InChI is InChI=1S/C6H13O10P/c7-1-2(8)3(9)4(10)5(11)6(12)16-17(13,14)15/h2-5,7-11H,1H2,(H2,13,14,15)/t2-,3+,4-,5+/m1/s1. The summed E-state index contributed by atoms with van der Waals surface area (Å²) in [6.45, 7) is -0.960. The molecule has 0 aliphatic heterocycles. The molecule has 17 heavy (non-hydrogen) atoms. The molecule has 0 spiro atoms. The van der Waals surface area contributed by atoms with Crippen molar-refractivity contribution in [2.45, 2.75) is 24.4 Å². The summed E-state index contributed by atoms with van der Waals surface area (Å²) in [4.78, 5) is 27.3. The topological polar surface area (TPSA) is 185 Å². The van der Waals surface area contributed by atoms with Gasteiger partial charge in [0.15, 0.2) is 6.10 Å². The van der Waals surface area contributed by atoms with E-state index < -0.39 is 44.8 Å². The van der Waals surface area contributed by atoms with Crippen LogP contribution >= 0.6 is 7.82 Å². The van der Waals surface area contributed by atoms with E-state index in [1.54, 1.807) is 0 Å². The van der Waals surface area contributed by atoms with Crippen molar-refractivity contribution < 1.29 is 49.2 Å². The molecule has 0 aromatic carbocycles. The van der Waals surface area contributed by atoms with Gasteiger partial charge in [0.2, 0.25) is 0 Å². The molecule has 0 saturated carbocycles. The third-order valence-corrected chi connectivity index (χ3v) is 2.12. The molecule has 0 heterocycles. The van der Waals surface area contributed by atoms with Gasteiger partial charge in [-0.05, 0) is 0 Å². The van der Waals surface area contributed by atoms with Crippen LogP contribution in [0, 0.1) is 0 Å². The van der Waals surface area contributed by atoms with Crippen molar-refractivity contribution in [2.24, 2.45) is 0 Å². The third-order valence-electron chi connectivity index (χ3n) is 1.71. The van der Waals surface area contributed by atoms with Gasteiger partial charge in [0.1, 0.15) is 18.3 Å². The molecule has 11 heteroatoms. The van der Waals surface area contributed by atoms with Gasteiger partial charge in [-0.2, -0.15) is 0 Å². The molecular formula is C6H13O10P. The van der Waals surface area contributed by atoms with Crippen molar-refractivity contribution >= 4 is 13.8 Å². The van der Waals surface area contributed by atoms with Crippen LogP contribution in [0.3, 0.4) is 0 Å². The number of carbonyl (C=O) groups is 1. The average Bonchev–Trinajstić information content (AvgIpc) is 2.22. The highest BCUT2D eigenvalue weighted by molar-refractivity contribution is 7.46. The van der Waals surface area contributed by atoms with E-state index in [2.05, 4.69) is 4.52 Å². The summed E-state index contributed by atoms with van der Waals surface area (Å²) in [6, 6.07) is 0. The van der Waals surface area contributed by atoms with E-state index in [4.69, 9.17) is 35.3 Å². The lowest BCUT2D eigenvalue weighted by Crippen LogP contribution is -2.48. The fourth-order valence-corrected chi connectivity index (χ4v) is 1.18. The molecule has 0 unspecified atom stereocenters. The van der Waals surface area contributed by atoms with Gasteiger partial charge < -0.3 is 30.1 Å². The molecule has 10 nitrogen and oxygen atoms in total. The third kappa shape index (κ3) is 5.52. The highest BCUT2D eigenvalue weighted by atomic mass is 31.2. The normalized spacial score (nSPS) is 19.2. The zero-order valence-electron chi connectivity index (χ0n) is 8.32. The summed E-state index contributed by atoms with van der Waals surface area (Å²) in [5.74, 6) is -1.88. The molecule has 0 aliphatic rings. The number of hydrogen-bond donors (Lipinski definition) is 7. The number of hydrogen-bond acceptors (Lipinski definition) is 8. The van der Waals surface area contributed by atoms with Crippen molar-refractivity contribution in [1.29, 1.82) is 0 Å². The molecule has 0 aromatic heterocycles. The van der Waals surface area contributed by atoms with Crippen LogP contribution in [-0.4, -0.2) is 72.3 Å². The van der Waals surface area contributed by atoms with Crippen molar-refractivity contribution in [3.8, 4) is 0 Å². The van der Waals surface area contributed by atoms with Gasteiger partial charge in [-0.15, -0.1) is 0 Å². The number of phosphoric ester groups is 1. The average molecular weight is 276 g/mol. The van der Waals surface area contributed by atoms with Crippen LogP contribution in [0.15, 0.2) is 0 Å². The van der Waals surface area contributed by atoms with Crippen LogP contribution in [0.4, 0.5) is 0 Å². The number of phosphoric acid groups is 1. The molecule has 0 aromatic rings. The summed E-state index contributed by atoms with van der Waals surface area (Å²) in [5, 5.41) is 44.6. The predicted molar refractivity (Wildman–Crippen MR) is 49.2 cm³/mol. The fraction of sp³-hybridized carbons (Fsp3) is 0.833. The van der Waals surface area contributed by atoms with E-state index in [0.717, 1.165) is 0 Å². The second kappa shape index (κ2) is 6.38. The van der Waals surface area contributed by atoms with Gasteiger partial charge in [0.25, 0.3) is 0 Å². The van der Waals surface area contributed by atoms with Gasteiger partial charge in [0, 0.05) is 0 Å². The van der Waals surface area contributed by atoms with Crippen molar-refractivity contribution in [3.05, 3.63) is 0 Å². The van der Waals surface area contributed by atoms with Gasteiger partial charge in [-0.1, -0.05) is 0 Å². The Morgan fingerprint density at radius 2 is 1.59 bits per heavy atom. The predicted octanol–water partition coefficient (Wildman–Crippen LogP) is -3.94. The van der Waals surface area contributed by atoms with Crippen molar-refractivity contribution in [1.82, 2.24) is 0 Å². The van der Waals surface area contributed by atoms with Gasteiger partial charge in [0.05, 0.1) is 6.61 Å². The van der Waals surface area contributed by atoms with E-state index >= 15 is 0 Å². The van der Waals surface area contributed by atoms with Gasteiger partial charge in [-0.25, -0.2) is 9.36 Å². The lowest BCUT2D eigenvalue weighted by atomic mass is 10.0. The van der Waals surface area contributed by atoms with Gasteiger partial charge in [-0.3, -0.25) is 9.79 Å². The SMILES string of the molecule is O=C(OP(=O)(O)O)[C@@H](O)[C@H](O)[C@@H](O)[C@H](O)CO. The molecule has 0 fully saturated rings. The first-order chi connectivity index (χ1) is 7.60. The molecule has 0 saturated heterocycles. The quantitative estimate of drug-likeness (QED) is 0.236. The molecule has 0 aliphatic carbocycles. The molecule has 102 valence electrons. The number of aliphatic hydroxyl groups is 5. The van der Waals surface area contributed by atoms with E-state index in [1.165, 1.54) is 0 Å². The van der Waals surface area contributed by atoms with Crippen LogP contribution in [0.25, 0.3) is 0 Å². The largest absolute Gasteiger partial charge is 0.527 e. The first-order valence-electron chi connectivity index (χ1n) is 4.22. The Hall–Kier alpha value is -0.580. The maximum Gasteiger partial charge on any atom is 0.527 e. The highest BCUT2D eigenvalue weighted by Gasteiger charge is 2.37. The summed E-state index contributed by atoms with van der Waals surface area (Å²) in [7, 11) is -5.19. The Morgan fingerprint density at radius 3 is 1.94 bits per heavy atom. The molecule has 0 radical (unpaired) electrons. The summed E-state index contributed by atoms with van der Waals surface area (Å²) in [5.41, 5.74) is 0. The zero-order valence-corrected chi connectivity index (χ0v) is 9.21. The number of rotatable bonds is 6. The van der Waals surface area contributed by atoms with Crippen LogP contribution < -0.4 is 0 Å². The Kier molecular flexibility index (Phi) is 6.16. The maximum absolute atomic E-state index is 10.8.